The third-order valence-corrected chi connectivity index (χ3v) is 4.71. The van der Waals surface area contributed by atoms with Crippen LogP contribution in [-0.4, -0.2) is 35.4 Å². The molecule has 0 aliphatic rings. The Labute approximate surface area is 150 Å². The number of likely N-dealkylation sites (N-methyl/N-ethyl adjacent to an activating group) is 1. The molecule has 0 spiro atoms. The summed E-state index contributed by atoms with van der Waals surface area (Å²) in [4.78, 5) is 19.7. The Morgan fingerprint density at radius 3 is 2.61 bits per heavy atom. The first-order valence-corrected chi connectivity index (χ1v) is 9.16. The number of amides is 1. The van der Waals surface area contributed by atoms with Gasteiger partial charge < -0.3 is 5.32 Å². The second kappa shape index (κ2) is 8.04. The fourth-order valence-electron chi connectivity index (χ4n) is 2.29. The van der Waals surface area contributed by atoms with E-state index in [1.165, 1.54) is 4.88 Å². The number of carbonyl (C=O) groups is 1. The van der Waals surface area contributed by atoms with E-state index in [0.717, 1.165) is 20.7 Å². The van der Waals surface area contributed by atoms with Crippen LogP contribution in [0, 0.1) is 6.92 Å². The van der Waals surface area contributed by atoms with Crippen molar-refractivity contribution in [3.05, 3.63) is 38.6 Å². The number of benzene rings is 1. The molecule has 1 aromatic carbocycles. The van der Waals surface area contributed by atoms with Crippen molar-refractivity contribution < 1.29 is 4.79 Å². The number of hydrogen-bond donors (Lipinski definition) is 1. The molecule has 0 aliphatic heterocycles. The van der Waals surface area contributed by atoms with E-state index in [0.29, 0.717) is 13.1 Å². The quantitative estimate of drug-likeness (QED) is 0.807. The zero-order chi connectivity index (χ0) is 17.0. The van der Waals surface area contributed by atoms with E-state index in [-0.39, 0.29) is 11.9 Å². The van der Waals surface area contributed by atoms with Crippen molar-refractivity contribution in [2.24, 2.45) is 0 Å². The molecular weight excluding hydrogens is 374 g/mol. The lowest BCUT2D eigenvalue weighted by molar-refractivity contribution is -0.122. The zero-order valence-electron chi connectivity index (χ0n) is 13.9. The van der Waals surface area contributed by atoms with Gasteiger partial charge in [-0.15, -0.1) is 11.3 Å². The van der Waals surface area contributed by atoms with Crippen LogP contribution in [-0.2, 0) is 11.3 Å². The molecule has 0 unspecified atom stereocenters. The van der Waals surface area contributed by atoms with E-state index >= 15 is 0 Å². The summed E-state index contributed by atoms with van der Waals surface area (Å²) >= 11 is 5.14. The molecule has 0 atom stereocenters. The van der Waals surface area contributed by atoms with Crippen LogP contribution in [0.25, 0.3) is 11.3 Å². The number of aromatic nitrogens is 1. The first kappa shape index (κ1) is 18.1. The van der Waals surface area contributed by atoms with Gasteiger partial charge in [0.25, 0.3) is 0 Å². The molecule has 2 rings (SSSR count). The topological polar surface area (TPSA) is 45.2 Å². The lowest BCUT2D eigenvalue weighted by Crippen LogP contribution is -2.38. The van der Waals surface area contributed by atoms with E-state index in [1.807, 2.05) is 37.9 Å². The highest BCUT2D eigenvalue weighted by Crippen LogP contribution is 2.28. The summed E-state index contributed by atoms with van der Waals surface area (Å²) in [5.74, 6) is 0.0453. The van der Waals surface area contributed by atoms with Gasteiger partial charge in [0, 0.05) is 21.0 Å². The van der Waals surface area contributed by atoms with Crippen molar-refractivity contribution in [2.45, 2.75) is 33.4 Å². The number of aryl methyl sites for hydroxylation is 1. The van der Waals surface area contributed by atoms with Crippen molar-refractivity contribution in [1.29, 1.82) is 0 Å². The van der Waals surface area contributed by atoms with E-state index < -0.39 is 0 Å². The second-order valence-corrected chi connectivity index (χ2v) is 8.12. The number of carbonyl (C=O) groups excluding carboxylic acids is 1. The maximum atomic E-state index is 11.8. The molecule has 4 nitrogen and oxygen atoms in total. The molecule has 0 fully saturated rings. The molecule has 1 heterocycles. The van der Waals surface area contributed by atoms with Crippen molar-refractivity contribution in [3.8, 4) is 11.3 Å². The third kappa shape index (κ3) is 5.41. The molecule has 1 aromatic heterocycles. The van der Waals surface area contributed by atoms with Gasteiger partial charge in [-0.1, -0.05) is 28.1 Å². The van der Waals surface area contributed by atoms with Crippen molar-refractivity contribution in [1.82, 2.24) is 15.2 Å². The Kier molecular flexibility index (Phi) is 6.33. The minimum atomic E-state index is 0.0453. The molecule has 1 N–H and O–H groups in total. The number of nitrogens with one attached hydrogen (secondary N) is 1. The Balaban J connectivity index is 2.03. The molecule has 0 radical (unpaired) electrons. The van der Waals surface area contributed by atoms with Gasteiger partial charge in [0.15, 0.2) is 0 Å². The van der Waals surface area contributed by atoms with E-state index in [1.54, 1.807) is 11.3 Å². The maximum absolute atomic E-state index is 11.8. The number of nitrogens with zero attached hydrogens (tertiary/aromatic N) is 2. The Bertz CT molecular complexity index is 667. The highest BCUT2D eigenvalue weighted by Gasteiger charge is 2.13. The Morgan fingerprint density at radius 1 is 1.35 bits per heavy atom. The van der Waals surface area contributed by atoms with Crippen molar-refractivity contribution in [2.75, 3.05) is 13.6 Å². The summed E-state index contributed by atoms with van der Waals surface area (Å²) in [5, 5.41) is 3.93. The van der Waals surface area contributed by atoms with Gasteiger partial charge in [-0.05, 0) is 40.0 Å². The van der Waals surface area contributed by atoms with Gasteiger partial charge in [-0.2, -0.15) is 0 Å². The van der Waals surface area contributed by atoms with Crippen LogP contribution >= 0.6 is 27.3 Å². The normalized spacial score (nSPS) is 11.3. The molecule has 23 heavy (non-hydrogen) atoms. The largest absolute Gasteiger partial charge is 0.353 e. The fourth-order valence-corrected chi connectivity index (χ4v) is 3.59. The highest BCUT2D eigenvalue weighted by molar-refractivity contribution is 9.10. The first-order valence-electron chi connectivity index (χ1n) is 7.55. The predicted octanol–water partition coefficient (Wildman–Crippen LogP) is 3.84. The Hall–Kier alpha value is -1.24. The number of rotatable bonds is 6. The summed E-state index contributed by atoms with van der Waals surface area (Å²) in [6.45, 7) is 7.07. The van der Waals surface area contributed by atoms with Gasteiger partial charge in [0.2, 0.25) is 5.91 Å². The average molecular weight is 396 g/mol. The Morgan fingerprint density at radius 2 is 2.00 bits per heavy atom. The van der Waals surface area contributed by atoms with Crippen LogP contribution in [0.2, 0.25) is 0 Å². The maximum Gasteiger partial charge on any atom is 0.234 e. The van der Waals surface area contributed by atoms with Gasteiger partial charge in [0.1, 0.15) is 5.01 Å². The van der Waals surface area contributed by atoms with Gasteiger partial charge in [0.05, 0.1) is 18.8 Å². The molecule has 0 saturated carbocycles. The molecule has 124 valence electrons. The van der Waals surface area contributed by atoms with Crippen molar-refractivity contribution >= 4 is 33.2 Å². The molecule has 0 saturated heterocycles. The van der Waals surface area contributed by atoms with Crippen LogP contribution in [0.3, 0.4) is 0 Å². The van der Waals surface area contributed by atoms with Gasteiger partial charge in [-0.3, -0.25) is 9.69 Å². The molecule has 2 aromatic rings. The average Bonchev–Trinajstić information content (AvgIpc) is 2.79. The standard InChI is InChI=1S/C17H22BrN3OS/c1-11(2)19-15(22)9-21(4)10-16-20-17(12(3)23-16)13-5-7-14(18)8-6-13/h5-8,11H,9-10H2,1-4H3,(H,19,22). The SMILES string of the molecule is Cc1sc(CN(C)CC(=O)NC(C)C)nc1-c1ccc(Br)cc1. The number of hydrogen-bond acceptors (Lipinski definition) is 4. The van der Waals surface area contributed by atoms with Crippen LogP contribution in [0.1, 0.15) is 23.7 Å². The summed E-state index contributed by atoms with van der Waals surface area (Å²) in [6.07, 6.45) is 0. The van der Waals surface area contributed by atoms with Crippen LogP contribution in [0.15, 0.2) is 28.7 Å². The monoisotopic (exact) mass is 395 g/mol. The third-order valence-electron chi connectivity index (χ3n) is 3.23. The van der Waals surface area contributed by atoms with E-state index in [4.69, 9.17) is 4.98 Å². The number of thiazole rings is 1. The highest BCUT2D eigenvalue weighted by atomic mass is 79.9. The predicted molar refractivity (Wildman–Crippen MR) is 99.6 cm³/mol. The second-order valence-electron chi connectivity index (χ2n) is 5.91. The summed E-state index contributed by atoms with van der Waals surface area (Å²) in [5.41, 5.74) is 2.14. The molecule has 6 heteroatoms. The van der Waals surface area contributed by atoms with E-state index in [2.05, 4.69) is 40.3 Å². The molecule has 0 aliphatic carbocycles. The molecule has 0 bridgehead atoms. The lowest BCUT2D eigenvalue weighted by atomic mass is 10.1. The minimum absolute atomic E-state index is 0.0453. The first-order chi connectivity index (χ1) is 10.8. The van der Waals surface area contributed by atoms with E-state index in [9.17, 15) is 4.79 Å². The van der Waals surface area contributed by atoms with Crippen LogP contribution in [0.4, 0.5) is 0 Å². The smallest absolute Gasteiger partial charge is 0.234 e. The fraction of sp³-hybridized carbons (Fsp3) is 0.412. The number of halogens is 1. The summed E-state index contributed by atoms with van der Waals surface area (Å²) in [7, 11) is 1.94. The minimum Gasteiger partial charge on any atom is -0.353 e. The van der Waals surface area contributed by atoms with Gasteiger partial charge >= 0.3 is 0 Å². The van der Waals surface area contributed by atoms with Crippen LogP contribution in [0.5, 0.6) is 0 Å². The van der Waals surface area contributed by atoms with Gasteiger partial charge in [-0.25, -0.2) is 4.98 Å². The lowest BCUT2D eigenvalue weighted by Gasteiger charge is -2.16. The zero-order valence-corrected chi connectivity index (χ0v) is 16.3. The summed E-state index contributed by atoms with van der Waals surface area (Å²) < 4.78 is 1.06. The van der Waals surface area contributed by atoms with Crippen molar-refractivity contribution in [3.63, 3.8) is 0 Å². The summed E-state index contributed by atoms with van der Waals surface area (Å²) in [6, 6.07) is 8.35. The molecule has 1 amide bonds. The molecular formula is C17H22BrN3OS. The van der Waals surface area contributed by atoms with Crippen LogP contribution < -0.4 is 5.32 Å².